The average Bonchev–Trinajstić information content (AvgIpc) is 2.88. The Hall–Kier alpha value is -3.99. The fourth-order valence-electron chi connectivity index (χ4n) is 4.12. The van der Waals surface area contributed by atoms with E-state index in [1.165, 1.54) is 25.3 Å². The molecule has 37 heavy (non-hydrogen) atoms. The number of carbonyl (C=O) groups is 2. The van der Waals surface area contributed by atoms with Gasteiger partial charge in [0.25, 0.3) is 5.91 Å². The number of halogens is 4. The van der Waals surface area contributed by atoms with Crippen LogP contribution in [0, 0.1) is 5.82 Å². The number of aldehydes is 1. The molecule has 3 aromatic rings. The van der Waals surface area contributed by atoms with Gasteiger partial charge in [0, 0.05) is 49.6 Å². The van der Waals surface area contributed by atoms with Crippen LogP contribution in [0.25, 0.3) is 11.1 Å². The number of carbonyl (C=O) groups excluding carboxylic acids is 2. The summed E-state index contributed by atoms with van der Waals surface area (Å²) in [6.45, 7) is 2.72. The molecule has 7 nitrogen and oxygen atoms in total. The number of anilines is 2. The van der Waals surface area contributed by atoms with Crippen LogP contribution in [0.3, 0.4) is 0 Å². The standard InChI is InChI=1S/C26H24F4N4O3/c1-33-7-9-34(10-8-33)23-6-4-17(18-11-16(15-35)3-5-21(18)27)12-22(23)32-25(36)19-14-31-24(37-2)13-20(19)26(28,29)30/h3-6,11-15H,7-10H2,1-2H3,(H,32,36). The van der Waals surface area contributed by atoms with Crippen molar-refractivity contribution in [3.63, 3.8) is 0 Å². The molecule has 1 saturated heterocycles. The lowest BCUT2D eigenvalue weighted by Gasteiger charge is -2.35. The van der Waals surface area contributed by atoms with Gasteiger partial charge in [0.1, 0.15) is 12.1 Å². The van der Waals surface area contributed by atoms with Gasteiger partial charge in [0.15, 0.2) is 0 Å². The molecule has 0 bridgehead atoms. The summed E-state index contributed by atoms with van der Waals surface area (Å²) in [6.07, 6.45) is -3.44. The fraction of sp³-hybridized carbons (Fsp3) is 0.269. The monoisotopic (exact) mass is 516 g/mol. The van der Waals surface area contributed by atoms with Gasteiger partial charge in [-0.05, 0) is 42.9 Å². The number of alkyl halides is 3. The predicted octanol–water partition coefficient (Wildman–Crippen LogP) is 4.73. The molecule has 0 saturated carbocycles. The van der Waals surface area contributed by atoms with Gasteiger partial charge in [-0.3, -0.25) is 9.59 Å². The van der Waals surface area contributed by atoms with Crippen LogP contribution < -0.4 is 15.0 Å². The van der Waals surface area contributed by atoms with E-state index in [4.69, 9.17) is 4.74 Å². The number of nitrogens with one attached hydrogen (secondary N) is 1. The summed E-state index contributed by atoms with van der Waals surface area (Å²) in [5, 5.41) is 2.58. The maximum atomic E-state index is 14.6. The van der Waals surface area contributed by atoms with Crippen LogP contribution in [0.5, 0.6) is 5.88 Å². The van der Waals surface area contributed by atoms with Crippen LogP contribution in [-0.4, -0.2) is 62.4 Å². The zero-order valence-electron chi connectivity index (χ0n) is 20.1. The first-order chi connectivity index (χ1) is 17.6. The highest BCUT2D eigenvalue weighted by atomic mass is 19.4. The summed E-state index contributed by atoms with van der Waals surface area (Å²) in [5.41, 5.74) is -0.384. The number of pyridine rings is 1. The number of benzene rings is 2. The highest BCUT2D eigenvalue weighted by Crippen LogP contribution is 2.36. The van der Waals surface area contributed by atoms with Crippen LogP contribution in [0.1, 0.15) is 26.3 Å². The Bertz CT molecular complexity index is 1320. The third-order valence-electron chi connectivity index (χ3n) is 6.16. The number of rotatable bonds is 6. The maximum absolute atomic E-state index is 14.6. The van der Waals surface area contributed by atoms with Crippen molar-refractivity contribution in [3.05, 3.63) is 71.2 Å². The molecule has 0 radical (unpaired) electrons. The van der Waals surface area contributed by atoms with Crippen molar-refractivity contribution in [3.8, 4) is 17.0 Å². The van der Waals surface area contributed by atoms with Gasteiger partial charge in [0.2, 0.25) is 5.88 Å². The second kappa shape index (κ2) is 10.6. The van der Waals surface area contributed by atoms with Crippen LogP contribution in [0.15, 0.2) is 48.7 Å². The summed E-state index contributed by atoms with van der Waals surface area (Å²) >= 11 is 0. The highest BCUT2D eigenvalue weighted by molar-refractivity contribution is 6.07. The molecule has 0 aliphatic carbocycles. The second-order valence-electron chi connectivity index (χ2n) is 8.60. The van der Waals surface area contributed by atoms with Gasteiger partial charge in [-0.2, -0.15) is 13.2 Å². The summed E-state index contributed by atoms with van der Waals surface area (Å²) in [7, 11) is 3.15. The van der Waals surface area contributed by atoms with Crippen LogP contribution in [0.4, 0.5) is 28.9 Å². The Morgan fingerprint density at radius 1 is 1.08 bits per heavy atom. The Kier molecular flexibility index (Phi) is 7.44. The van der Waals surface area contributed by atoms with E-state index in [2.05, 4.69) is 15.2 Å². The molecule has 1 aliphatic rings. The molecular weight excluding hydrogens is 492 g/mol. The molecule has 2 aromatic carbocycles. The fourth-order valence-corrected chi connectivity index (χ4v) is 4.12. The largest absolute Gasteiger partial charge is 0.481 e. The van der Waals surface area contributed by atoms with E-state index in [0.717, 1.165) is 25.4 Å². The average molecular weight is 516 g/mol. The molecule has 2 heterocycles. The van der Waals surface area contributed by atoms with Crippen molar-refractivity contribution in [1.82, 2.24) is 9.88 Å². The first kappa shape index (κ1) is 26.1. The summed E-state index contributed by atoms with van der Waals surface area (Å²) in [5.74, 6) is -1.90. The predicted molar refractivity (Wildman–Crippen MR) is 131 cm³/mol. The molecule has 0 spiro atoms. The van der Waals surface area contributed by atoms with Crippen molar-refractivity contribution < 1.29 is 31.9 Å². The van der Waals surface area contributed by atoms with Crippen LogP contribution in [0.2, 0.25) is 0 Å². The van der Waals surface area contributed by atoms with E-state index < -0.39 is 29.0 Å². The molecule has 1 aromatic heterocycles. The molecule has 4 rings (SSSR count). The van der Waals surface area contributed by atoms with Gasteiger partial charge in [-0.15, -0.1) is 0 Å². The van der Waals surface area contributed by atoms with Gasteiger partial charge in [-0.1, -0.05) is 6.07 Å². The van der Waals surface area contributed by atoms with Gasteiger partial charge < -0.3 is 19.9 Å². The molecule has 1 amide bonds. The molecule has 194 valence electrons. The lowest BCUT2D eigenvalue weighted by atomic mass is 10.0. The molecule has 0 unspecified atom stereocenters. The van der Waals surface area contributed by atoms with E-state index in [9.17, 15) is 27.2 Å². The highest BCUT2D eigenvalue weighted by Gasteiger charge is 2.36. The van der Waals surface area contributed by atoms with Gasteiger partial charge >= 0.3 is 6.18 Å². The second-order valence-corrected chi connectivity index (χ2v) is 8.60. The molecule has 1 fully saturated rings. The number of methoxy groups -OCH3 is 1. The molecule has 0 atom stereocenters. The Morgan fingerprint density at radius 2 is 1.81 bits per heavy atom. The van der Waals surface area contributed by atoms with Crippen molar-refractivity contribution >= 4 is 23.6 Å². The normalized spacial score (nSPS) is 14.4. The van der Waals surface area contributed by atoms with Crippen molar-refractivity contribution in [2.45, 2.75) is 6.18 Å². The van der Waals surface area contributed by atoms with Gasteiger partial charge in [0.05, 0.1) is 29.6 Å². The Morgan fingerprint density at radius 3 is 2.46 bits per heavy atom. The lowest BCUT2D eigenvalue weighted by molar-refractivity contribution is -0.138. The molecule has 1 N–H and O–H groups in total. The third kappa shape index (κ3) is 5.72. The third-order valence-corrected chi connectivity index (χ3v) is 6.16. The zero-order valence-corrected chi connectivity index (χ0v) is 20.1. The minimum Gasteiger partial charge on any atom is -0.481 e. The van der Waals surface area contributed by atoms with Crippen LogP contribution >= 0.6 is 0 Å². The van der Waals surface area contributed by atoms with E-state index in [-0.39, 0.29) is 22.7 Å². The SMILES string of the molecule is COc1cc(C(F)(F)F)c(C(=O)Nc2cc(-c3cc(C=O)ccc3F)ccc2N2CCN(C)CC2)cn1. The number of ether oxygens (including phenoxy) is 1. The quantitative estimate of drug-likeness (QED) is 0.377. The number of amides is 1. The minimum atomic E-state index is -4.83. The summed E-state index contributed by atoms with van der Waals surface area (Å²) in [6, 6.07) is 9.34. The van der Waals surface area contributed by atoms with E-state index in [0.29, 0.717) is 36.7 Å². The van der Waals surface area contributed by atoms with E-state index in [1.54, 1.807) is 12.1 Å². The maximum Gasteiger partial charge on any atom is 0.417 e. The number of likely N-dealkylation sites (N-methyl/N-ethyl adjacent to an activating group) is 1. The van der Waals surface area contributed by atoms with Gasteiger partial charge in [-0.25, -0.2) is 9.37 Å². The first-order valence-electron chi connectivity index (χ1n) is 11.4. The molecule has 11 heteroatoms. The van der Waals surface area contributed by atoms with E-state index >= 15 is 0 Å². The molecular formula is C26H24F4N4O3. The number of hydrogen-bond acceptors (Lipinski definition) is 6. The summed E-state index contributed by atoms with van der Waals surface area (Å²) in [4.78, 5) is 32.3. The first-order valence-corrected chi connectivity index (χ1v) is 11.4. The summed E-state index contributed by atoms with van der Waals surface area (Å²) < 4.78 is 60.6. The van der Waals surface area contributed by atoms with Crippen molar-refractivity contribution in [1.29, 1.82) is 0 Å². The molecule has 1 aliphatic heterocycles. The smallest absolute Gasteiger partial charge is 0.417 e. The number of aromatic nitrogens is 1. The number of nitrogens with zero attached hydrogens (tertiary/aromatic N) is 3. The van der Waals surface area contributed by atoms with E-state index in [1.807, 2.05) is 11.9 Å². The van der Waals surface area contributed by atoms with Crippen molar-refractivity contribution in [2.24, 2.45) is 0 Å². The van der Waals surface area contributed by atoms with Crippen LogP contribution in [-0.2, 0) is 6.18 Å². The zero-order chi connectivity index (χ0) is 26.7. The number of piperazine rings is 1. The minimum absolute atomic E-state index is 0.118. The topological polar surface area (TPSA) is 74.8 Å². The Balaban J connectivity index is 1.78. The van der Waals surface area contributed by atoms with Crippen molar-refractivity contribution in [2.75, 3.05) is 50.6 Å². The number of hydrogen-bond donors (Lipinski definition) is 1. The lowest BCUT2D eigenvalue weighted by Crippen LogP contribution is -2.44. The Labute approximate surface area is 210 Å².